The molecule has 23 heavy (non-hydrogen) atoms. The number of halogens is 2. The Hall–Kier alpha value is -1.33. The van der Waals surface area contributed by atoms with Gasteiger partial charge in [-0.25, -0.2) is 9.18 Å². The van der Waals surface area contributed by atoms with Gasteiger partial charge in [-0.3, -0.25) is 0 Å². The lowest BCUT2D eigenvalue weighted by molar-refractivity contribution is 0.0382. The SMILES string of the molecule is CC(C)(C)OC(=O)NC1(CNCc2cc(Cl)ccc2F)CCC1. The normalized spacial score (nSPS) is 16.6. The van der Waals surface area contributed by atoms with Gasteiger partial charge in [0, 0.05) is 23.7 Å². The minimum absolute atomic E-state index is 0.287. The zero-order chi connectivity index (χ0) is 17.1. The van der Waals surface area contributed by atoms with Crippen molar-refractivity contribution in [2.75, 3.05) is 6.54 Å². The van der Waals surface area contributed by atoms with Gasteiger partial charge < -0.3 is 15.4 Å². The summed E-state index contributed by atoms with van der Waals surface area (Å²) in [6.07, 6.45) is 2.42. The van der Waals surface area contributed by atoms with Crippen LogP contribution in [0, 0.1) is 5.82 Å². The summed E-state index contributed by atoms with van der Waals surface area (Å²) in [7, 11) is 0. The number of carbonyl (C=O) groups is 1. The van der Waals surface area contributed by atoms with Crippen LogP contribution in [0.2, 0.25) is 5.02 Å². The summed E-state index contributed by atoms with van der Waals surface area (Å²) in [5.74, 6) is -0.287. The lowest BCUT2D eigenvalue weighted by Crippen LogP contribution is -2.59. The number of rotatable bonds is 5. The number of benzene rings is 1. The van der Waals surface area contributed by atoms with Crippen LogP contribution in [0.5, 0.6) is 0 Å². The van der Waals surface area contributed by atoms with Crippen LogP contribution in [-0.4, -0.2) is 23.8 Å². The van der Waals surface area contributed by atoms with Crippen LogP contribution >= 0.6 is 11.6 Å². The van der Waals surface area contributed by atoms with Crippen molar-refractivity contribution < 1.29 is 13.9 Å². The van der Waals surface area contributed by atoms with Gasteiger partial charge in [0.15, 0.2) is 0 Å². The van der Waals surface area contributed by atoms with Gasteiger partial charge in [-0.05, 0) is 58.2 Å². The average molecular weight is 343 g/mol. The van der Waals surface area contributed by atoms with Gasteiger partial charge in [0.25, 0.3) is 0 Å². The first-order chi connectivity index (χ1) is 10.7. The lowest BCUT2D eigenvalue weighted by Gasteiger charge is -2.42. The summed E-state index contributed by atoms with van der Waals surface area (Å²) < 4.78 is 19.0. The van der Waals surface area contributed by atoms with E-state index in [4.69, 9.17) is 16.3 Å². The lowest BCUT2D eigenvalue weighted by atomic mass is 9.76. The highest BCUT2D eigenvalue weighted by atomic mass is 35.5. The molecule has 0 unspecified atom stereocenters. The van der Waals surface area contributed by atoms with Crippen molar-refractivity contribution in [3.8, 4) is 0 Å². The highest BCUT2D eigenvalue weighted by molar-refractivity contribution is 6.30. The predicted molar refractivity (Wildman–Crippen MR) is 89.1 cm³/mol. The first-order valence-corrected chi connectivity index (χ1v) is 8.23. The van der Waals surface area contributed by atoms with E-state index >= 15 is 0 Å². The summed E-state index contributed by atoms with van der Waals surface area (Å²) in [4.78, 5) is 12.0. The summed E-state index contributed by atoms with van der Waals surface area (Å²) in [5, 5.41) is 6.67. The fraction of sp³-hybridized carbons (Fsp3) is 0.588. The summed E-state index contributed by atoms with van der Waals surface area (Å²) in [6, 6.07) is 4.49. The second-order valence-corrected chi connectivity index (χ2v) is 7.54. The second kappa shape index (κ2) is 7.05. The van der Waals surface area contributed by atoms with Gasteiger partial charge in [-0.1, -0.05) is 11.6 Å². The number of hydrogen-bond acceptors (Lipinski definition) is 3. The largest absolute Gasteiger partial charge is 0.444 e. The van der Waals surface area contributed by atoms with E-state index in [1.807, 2.05) is 20.8 Å². The fourth-order valence-electron chi connectivity index (χ4n) is 2.58. The van der Waals surface area contributed by atoms with Crippen molar-refractivity contribution in [1.82, 2.24) is 10.6 Å². The first-order valence-electron chi connectivity index (χ1n) is 7.85. The molecule has 2 N–H and O–H groups in total. The number of hydrogen-bond donors (Lipinski definition) is 2. The molecule has 0 bridgehead atoms. The molecule has 0 spiro atoms. The Morgan fingerprint density at radius 2 is 2.09 bits per heavy atom. The van der Waals surface area contributed by atoms with E-state index < -0.39 is 11.7 Å². The third-order valence-electron chi connectivity index (χ3n) is 3.86. The van der Waals surface area contributed by atoms with Crippen LogP contribution in [0.3, 0.4) is 0 Å². The maximum atomic E-state index is 13.7. The molecule has 1 aliphatic rings. The van der Waals surface area contributed by atoms with E-state index in [-0.39, 0.29) is 11.4 Å². The average Bonchev–Trinajstić information content (AvgIpc) is 2.37. The van der Waals surface area contributed by atoms with E-state index in [1.165, 1.54) is 12.1 Å². The van der Waals surface area contributed by atoms with Gasteiger partial charge in [0.2, 0.25) is 0 Å². The molecule has 1 aromatic carbocycles. The van der Waals surface area contributed by atoms with Crippen LogP contribution in [0.25, 0.3) is 0 Å². The topological polar surface area (TPSA) is 50.4 Å². The molecule has 1 amide bonds. The number of carbonyl (C=O) groups excluding carboxylic acids is 1. The molecule has 4 nitrogen and oxygen atoms in total. The molecule has 0 aliphatic heterocycles. The highest BCUT2D eigenvalue weighted by Gasteiger charge is 2.39. The molecule has 128 valence electrons. The van der Waals surface area contributed by atoms with E-state index in [0.29, 0.717) is 23.7 Å². The van der Waals surface area contributed by atoms with Crippen LogP contribution < -0.4 is 10.6 Å². The maximum Gasteiger partial charge on any atom is 0.408 e. The molecule has 2 rings (SSSR count). The van der Waals surface area contributed by atoms with Crippen molar-refractivity contribution in [3.63, 3.8) is 0 Å². The zero-order valence-corrected chi connectivity index (χ0v) is 14.6. The van der Waals surface area contributed by atoms with Gasteiger partial charge in [-0.2, -0.15) is 0 Å². The molecule has 1 aliphatic carbocycles. The van der Waals surface area contributed by atoms with Crippen molar-refractivity contribution in [2.45, 2.75) is 57.7 Å². The first kappa shape index (κ1) is 18.0. The Morgan fingerprint density at radius 1 is 1.39 bits per heavy atom. The van der Waals surface area contributed by atoms with Gasteiger partial charge in [0.05, 0.1) is 5.54 Å². The molecule has 1 aromatic rings. The van der Waals surface area contributed by atoms with Crippen LogP contribution in [0.15, 0.2) is 18.2 Å². The van der Waals surface area contributed by atoms with Crippen LogP contribution in [0.4, 0.5) is 9.18 Å². The minimum Gasteiger partial charge on any atom is -0.444 e. The Balaban J connectivity index is 1.87. The van der Waals surface area contributed by atoms with Gasteiger partial charge >= 0.3 is 6.09 Å². The molecule has 1 saturated carbocycles. The van der Waals surface area contributed by atoms with Crippen molar-refractivity contribution >= 4 is 17.7 Å². The second-order valence-electron chi connectivity index (χ2n) is 7.10. The Kier molecular flexibility index (Phi) is 5.53. The van der Waals surface area contributed by atoms with E-state index in [2.05, 4.69) is 10.6 Å². The smallest absolute Gasteiger partial charge is 0.408 e. The Bertz CT molecular complexity index is 568. The third-order valence-corrected chi connectivity index (χ3v) is 4.10. The van der Waals surface area contributed by atoms with Crippen molar-refractivity contribution in [2.24, 2.45) is 0 Å². The van der Waals surface area contributed by atoms with Crippen molar-refractivity contribution in [1.29, 1.82) is 0 Å². The molecule has 1 fully saturated rings. The molecule has 0 heterocycles. The summed E-state index contributed by atoms with van der Waals surface area (Å²) >= 11 is 5.89. The van der Waals surface area contributed by atoms with E-state index in [9.17, 15) is 9.18 Å². The Morgan fingerprint density at radius 3 is 2.65 bits per heavy atom. The maximum absolute atomic E-state index is 13.7. The molecule has 6 heteroatoms. The van der Waals surface area contributed by atoms with E-state index in [1.54, 1.807) is 6.07 Å². The third kappa shape index (κ3) is 5.36. The number of amides is 1. The highest BCUT2D eigenvalue weighted by Crippen LogP contribution is 2.31. The molecule has 0 atom stereocenters. The number of ether oxygens (including phenoxy) is 1. The van der Waals surface area contributed by atoms with Gasteiger partial charge in [-0.15, -0.1) is 0 Å². The Labute approximate surface area is 141 Å². The van der Waals surface area contributed by atoms with E-state index in [0.717, 1.165) is 19.3 Å². The molecular weight excluding hydrogens is 319 g/mol. The zero-order valence-electron chi connectivity index (χ0n) is 13.8. The molecular formula is C17H24ClFN2O2. The van der Waals surface area contributed by atoms with Gasteiger partial charge in [0.1, 0.15) is 11.4 Å². The van der Waals surface area contributed by atoms with Crippen molar-refractivity contribution in [3.05, 3.63) is 34.6 Å². The number of nitrogens with one attached hydrogen (secondary N) is 2. The monoisotopic (exact) mass is 342 g/mol. The predicted octanol–water partition coefficient (Wildman–Crippen LogP) is 4.02. The summed E-state index contributed by atoms with van der Waals surface area (Å²) in [6.45, 7) is 6.43. The number of alkyl carbamates (subject to hydrolysis) is 1. The van der Waals surface area contributed by atoms with Crippen LogP contribution in [0.1, 0.15) is 45.6 Å². The van der Waals surface area contributed by atoms with Crippen LogP contribution in [-0.2, 0) is 11.3 Å². The molecule has 0 radical (unpaired) electrons. The summed E-state index contributed by atoms with van der Waals surface area (Å²) in [5.41, 5.74) is -0.312. The fourth-order valence-corrected chi connectivity index (χ4v) is 2.78. The minimum atomic E-state index is -0.521. The quantitative estimate of drug-likeness (QED) is 0.849. The standard InChI is InChI=1S/C17H24ClFN2O2/c1-16(2,3)23-15(22)21-17(7-4-8-17)11-20-10-12-9-13(18)5-6-14(12)19/h5-6,9,20H,4,7-8,10-11H2,1-3H3,(H,21,22). The molecule has 0 saturated heterocycles. The molecule has 0 aromatic heterocycles.